The van der Waals surface area contributed by atoms with Crippen molar-refractivity contribution in [3.8, 4) is 5.69 Å². The topological polar surface area (TPSA) is 56.2 Å². The number of carbonyl (C=O) groups is 1. The molecule has 0 radical (unpaired) electrons. The number of carbonyl (C=O) groups excluding carboxylic acids is 1. The summed E-state index contributed by atoms with van der Waals surface area (Å²) in [6.07, 6.45) is 5.14. The molecule has 0 saturated carbocycles. The van der Waals surface area contributed by atoms with Crippen LogP contribution in [-0.4, -0.2) is 28.2 Å². The number of hydrogen-bond donors (Lipinski definition) is 1. The fourth-order valence-corrected chi connectivity index (χ4v) is 2.36. The molecular weight excluding hydrogens is 254 g/mol. The molecule has 5 heteroatoms. The Morgan fingerprint density at radius 2 is 2.20 bits per heavy atom. The summed E-state index contributed by atoms with van der Waals surface area (Å²) >= 11 is 0. The maximum absolute atomic E-state index is 11.9. The third kappa shape index (κ3) is 2.58. The van der Waals surface area contributed by atoms with Crippen molar-refractivity contribution < 1.29 is 9.53 Å². The summed E-state index contributed by atoms with van der Waals surface area (Å²) in [5, 5.41) is 2.88. The third-order valence-corrected chi connectivity index (χ3v) is 3.46. The molecule has 1 amide bonds. The van der Waals surface area contributed by atoms with E-state index in [2.05, 4.69) is 10.3 Å². The first kappa shape index (κ1) is 12.9. The molecule has 5 nitrogen and oxygen atoms in total. The second-order valence-electron chi connectivity index (χ2n) is 4.88. The minimum atomic E-state index is -0.300. The number of nitrogens with one attached hydrogen (secondary N) is 1. The first-order chi connectivity index (χ1) is 9.74. The van der Waals surface area contributed by atoms with Gasteiger partial charge in [0.2, 0.25) is 0 Å². The van der Waals surface area contributed by atoms with Gasteiger partial charge >= 0.3 is 0 Å². The van der Waals surface area contributed by atoms with Gasteiger partial charge in [0.25, 0.3) is 5.91 Å². The van der Waals surface area contributed by atoms with E-state index in [0.29, 0.717) is 6.61 Å². The highest BCUT2D eigenvalue weighted by Crippen LogP contribution is 2.17. The van der Waals surface area contributed by atoms with Crippen molar-refractivity contribution in [1.82, 2.24) is 9.55 Å². The Labute approximate surface area is 117 Å². The number of nitrogens with zero attached hydrogens (tertiary/aromatic N) is 2. The molecule has 1 fully saturated rings. The number of benzene rings is 1. The zero-order valence-electron chi connectivity index (χ0n) is 11.4. The number of anilines is 1. The Bertz CT molecular complexity index is 598. The zero-order valence-corrected chi connectivity index (χ0v) is 11.4. The Morgan fingerprint density at radius 3 is 2.80 bits per heavy atom. The fourth-order valence-electron chi connectivity index (χ4n) is 2.36. The number of rotatable bonds is 3. The first-order valence-corrected chi connectivity index (χ1v) is 6.77. The van der Waals surface area contributed by atoms with Gasteiger partial charge in [0.1, 0.15) is 11.9 Å². The van der Waals surface area contributed by atoms with E-state index in [0.717, 1.165) is 30.0 Å². The monoisotopic (exact) mass is 271 g/mol. The Kier molecular flexibility index (Phi) is 3.52. The standard InChI is InChI=1S/C15H17N3O2/c1-11-16-8-9-18(11)13-6-4-12(5-7-13)17-15(19)14-3-2-10-20-14/h4-9,14H,2-3,10H2,1H3,(H,17,19). The predicted molar refractivity (Wildman–Crippen MR) is 75.9 cm³/mol. The third-order valence-electron chi connectivity index (χ3n) is 3.46. The van der Waals surface area contributed by atoms with Gasteiger partial charge in [-0.05, 0) is 44.0 Å². The first-order valence-electron chi connectivity index (χ1n) is 6.77. The molecule has 1 unspecified atom stereocenters. The van der Waals surface area contributed by atoms with E-state index in [1.165, 1.54) is 0 Å². The SMILES string of the molecule is Cc1nccn1-c1ccc(NC(=O)C2CCCO2)cc1. The van der Waals surface area contributed by atoms with Crippen LogP contribution in [0.1, 0.15) is 18.7 Å². The molecule has 104 valence electrons. The molecular formula is C15H17N3O2. The van der Waals surface area contributed by atoms with Crippen LogP contribution in [0.5, 0.6) is 0 Å². The van der Waals surface area contributed by atoms with Crippen LogP contribution in [0.15, 0.2) is 36.7 Å². The van der Waals surface area contributed by atoms with Crippen molar-refractivity contribution in [2.75, 3.05) is 11.9 Å². The van der Waals surface area contributed by atoms with Crippen molar-refractivity contribution >= 4 is 11.6 Å². The highest BCUT2D eigenvalue weighted by atomic mass is 16.5. The van der Waals surface area contributed by atoms with E-state index in [1.54, 1.807) is 6.20 Å². The van der Waals surface area contributed by atoms with Gasteiger partial charge in [-0.2, -0.15) is 0 Å². The second-order valence-corrected chi connectivity index (χ2v) is 4.88. The van der Waals surface area contributed by atoms with Crippen LogP contribution >= 0.6 is 0 Å². The second kappa shape index (κ2) is 5.46. The molecule has 1 aromatic heterocycles. The van der Waals surface area contributed by atoms with E-state index >= 15 is 0 Å². The summed E-state index contributed by atoms with van der Waals surface area (Å²) in [6.45, 7) is 2.63. The van der Waals surface area contributed by atoms with Gasteiger partial charge in [0, 0.05) is 30.4 Å². The van der Waals surface area contributed by atoms with E-state index in [1.807, 2.05) is 42.0 Å². The fraction of sp³-hybridized carbons (Fsp3) is 0.333. The van der Waals surface area contributed by atoms with Crippen LogP contribution in [-0.2, 0) is 9.53 Å². The van der Waals surface area contributed by atoms with Crippen LogP contribution in [0.4, 0.5) is 5.69 Å². The highest BCUT2D eigenvalue weighted by molar-refractivity contribution is 5.94. The summed E-state index contributed by atoms with van der Waals surface area (Å²) < 4.78 is 7.35. The molecule has 1 saturated heterocycles. The van der Waals surface area contributed by atoms with Gasteiger partial charge in [0.05, 0.1) is 0 Å². The minimum absolute atomic E-state index is 0.0611. The van der Waals surface area contributed by atoms with Gasteiger partial charge < -0.3 is 14.6 Å². The maximum atomic E-state index is 11.9. The number of aromatic nitrogens is 2. The number of imidazole rings is 1. The smallest absolute Gasteiger partial charge is 0.253 e. The normalized spacial score (nSPS) is 18.1. The quantitative estimate of drug-likeness (QED) is 0.932. The predicted octanol–water partition coefficient (Wildman–Crippen LogP) is 2.30. The van der Waals surface area contributed by atoms with Crippen molar-refractivity contribution in [2.45, 2.75) is 25.9 Å². The van der Waals surface area contributed by atoms with Crippen LogP contribution < -0.4 is 5.32 Å². The minimum Gasteiger partial charge on any atom is -0.368 e. The number of hydrogen-bond acceptors (Lipinski definition) is 3. The molecule has 1 aliphatic heterocycles. The molecule has 0 spiro atoms. The van der Waals surface area contributed by atoms with E-state index < -0.39 is 0 Å². The van der Waals surface area contributed by atoms with Gasteiger partial charge in [-0.3, -0.25) is 4.79 Å². The summed E-state index contributed by atoms with van der Waals surface area (Å²) in [5.74, 6) is 0.871. The molecule has 20 heavy (non-hydrogen) atoms. The van der Waals surface area contributed by atoms with E-state index in [9.17, 15) is 4.79 Å². The number of aryl methyl sites for hydroxylation is 1. The molecule has 2 aromatic rings. The number of ether oxygens (including phenoxy) is 1. The largest absolute Gasteiger partial charge is 0.368 e. The highest BCUT2D eigenvalue weighted by Gasteiger charge is 2.23. The zero-order chi connectivity index (χ0) is 13.9. The van der Waals surface area contributed by atoms with Crippen molar-refractivity contribution in [1.29, 1.82) is 0 Å². The lowest BCUT2D eigenvalue weighted by Gasteiger charge is -2.11. The van der Waals surface area contributed by atoms with Crippen molar-refractivity contribution in [2.24, 2.45) is 0 Å². The lowest BCUT2D eigenvalue weighted by molar-refractivity contribution is -0.124. The summed E-state index contributed by atoms with van der Waals surface area (Å²) in [6, 6.07) is 7.70. The van der Waals surface area contributed by atoms with Crippen LogP contribution in [0.25, 0.3) is 5.69 Å². The Hall–Kier alpha value is -2.14. The van der Waals surface area contributed by atoms with Gasteiger partial charge in [-0.1, -0.05) is 0 Å². The van der Waals surface area contributed by atoms with Crippen molar-refractivity contribution in [3.63, 3.8) is 0 Å². The lowest BCUT2D eigenvalue weighted by Crippen LogP contribution is -2.26. The summed E-state index contributed by atoms with van der Waals surface area (Å²) in [5.41, 5.74) is 1.81. The Balaban J connectivity index is 1.70. The van der Waals surface area contributed by atoms with Gasteiger partial charge in [0.15, 0.2) is 0 Å². The summed E-state index contributed by atoms with van der Waals surface area (Å²) in [7, 11) is 0. The molecule has 1 atom stereocenters. The van der Waals surface area contributed by atoms with Crippen LogP contribution in [0.3, 0.4) is 0 Å². The van der Waals surface area contributed by atoms with Gasteiger partial charge in [-0.25, -0.2) is 4.98 Å². The van der Waals surface area contributed by atoms with E-state index in [-0.39, 0.29) is 12.0 Å². The molecule has 1 aliphatic rings. The molecule has 2 heterocycles. The van der Waals surface area contributed by atoms with Crippen LogP contribution in [0, 0.1) is 6.92 Å². The molecule has 1 aromatic carbocycles. The Morgan fingerprint density at radius 1 is 1.40 bits per heavy atom. The van der Waals surface area contributed by atoms with Crippen LogP contribution in [0.2, 0.25) is 0 Å². The average Bonchev–Trinajstić information content (AvgIpc) is 3.11. The summed E-state index contributed by atoms with van der Waals surface area (Å²) in [4.78, 5) is 16.1. The molecule has 1 N–H and O–H groups in total. The van der Waals surface area contributed by atoms with Crippen molar-refractivity contribution in [3.05, 3.63) is 42.5 Å². The maximum Gasteiger partial charge on any atom is 0.253 e. The molecule has 0 aliphatic carbocycles. The number of amides is 1. The lowest BCUT2D eigenvalue weighted by atomic mass is 10.2. The molecule has 0 bridgehead atoms. The molecule has 3 rings (SSSR count). The average molecular weight is 271 g/mol. The van der Waals surface area contributed by atoms with E-state index in [4.69, 9.17) is 4.74 Å². The van der Waals surface area contributed by atoms with Gasteiger partial charge in [-0.15, -0.1) is 0 Å².